The molecule has 2 aromatic rings. The first-order valence-corrected chi connectivity index (χ1v) is 12.4. The summed E-state index contributed by atoms with van der Waals surface area (Å²) in [6.45, 7) is 8.76. The van der Waals surface area contributed by atoms with Gasteiger partial charge in [-0.05, 0) is 70.9 Å². The minimum atomic E-state index is -3.41. The van der Waals surface area contributed by atoms with Crippen molar-refractivity contribution in [3.8, 4) is 17.0 Å². The molecule has 0 bridgehead atoms. The van der Waals surface area contributed by atoms with E-state index in [0.29, 0.717) is 11.5 Å². The Balaban J connectivity index is 1.84. The van der Waals surface area contributed by atoms with Crippen LogP contribution in [0.25, 0.3) is 17.3 Å². The van der Waals surface area contributed by atoms with Crippen LogP contribution < -0.4 is 10.2 Å². The highest BCUT2D eigenvalue weighted by molar-refractivity contribution is 7.93. The van der Waals surface area contributed by atoms with E-state index in [1.807, 2.05) is 7.05 Å². The summed E-state index contributed by atoms with van der Waals surface area (Å²) in [6.07, 6.45) is 4.02. The summed E-state index contributed by atoms with van der Waals surface area (Å²) in [5.74, 6) is -0.184. The van der Waals surface area contributed by atoms with E-state index in [-0.39, 0.29) is 34.0 Å². The number of nitrogens with one attached hydrogen (secondary N) is 1. The number of sulfone groups is 1. The average molecular weight is 463 g/mol. The van der Waals surface area contributed by atoms with E-state index in [4.69, 9.17) is 0 Å². The first-order chi connectivity index (χ1) is 14.7. The Bertz CT molecular complexity index is 1110. The van der Waals surface area contributed by atoms with Crippen molar-refractivity contribution in [1.82, 2.24) is 15.5 Å². The largest absolute Gasteiger partial charge is 0.507 e. The van der Waals surface area contributed by atoms with Gasteiger partial charge in [-0.25, -0.2) is 12.8 Å². The highest BCUT2D eigenvalue weighted by Crippen LogP contribution is 2.34. The van der Waals surface area contributed by atoms with Crippen LogP contribution in [0.5, 0.6) is 5.75 Å². The van der Waals surface area contributed by atoms with Crippen LogP contribution in [0.3, 0.4) is 0 Å². The van der Waals surface area contributed by atoms with Crippen molar-refractivity contribution in [2.24, 2.45) is 0 Å². The molecular formula is C23H31FN4O3S. The third-order valence-electron chi connectivity index (χ3n) is 5.61. The van der Waals surface area contributed by atoms with Gasteiger partial charge in [-0.2, -0.15) is 0 Å². The van der Waals surface area contributed by atoms with E-state index in [9.17, 15) is 17.9 Å². The molecule has 1 aliphatic rings. The molecule has 174 valence electrons. The number of halogens is 1. The second-order valence-corrected chi connectivity index (χ2v) is 11.8. The number of hydrogen-bond acceptors (Lipinski definition) is 7. The van der Waals surface area contributed by atoms with Gasteiger partial charge in [0.1, 0.15) is 11.6 Å². The number of phenolic OH excluding ortho intramolecular Hbond substituents is 1. The lowest BCUT2D eigenvalue weighted by atomic mass is 9.79. The molecule has 0 radical (unpaired) electrons. The Morgan fingerprint density at radius 1 is 1.16 bits per heavy atom. The van der Waals surface area contributed by atoms with Gasteiger partial charge in [-0.3, -0.25) is 0 Å². The van der Waals surface area contributed by atoms with Crippen LogP contribution in [0.4, 0.5) is 10.2 Å². The fourth-order valence-corrected chi connectivity index (χ4v) is 4.89. The van der Waals surface area contributed by atoms with Crippen molar-refractivity contribution in [3.63, 3.8) is 0 Å². The van der Waals surface area contributed by atoms with Gasteiger partial charge in [0, 0.05) is 47.0 Å². The Morgan fingerprint density at radius 2 is 1.78 bits per heavy atom. The highest BCUT2D eigenvalue weighted by Gasteiger charge is 2.39. The minimum Gasteiger partial charge on any atom is -0.507 e. The van der Waals surface area contributed by atoms with E-state index in [1.54, 1.807) is 12.1 Å². The zero-order valence-corrected chi connectivity index (χ0v) is 20.2. The lowest BCUT2D eigenvalue weighted by molar-refractivity contribution is 0.160. The van der Waals surface area contributed by atoms with Crippen molar-refractivity contribution in [2.75, 3.05) is 18.2 Å². The average Bonchev–Trinajstić information content (AvgIpc) is 2.65. The molecule has 0 spiro atoms. The Morgan fingerprint density at radius 3 is 2.31 bits per heavy atom. The van der Waals surface area contributed by atoms with Gasteiger partial charge in [0.25, 0.3) is 0 Å². The fourth-order valence-electron chi connectivity index (χ4n) is 4.49. The summed E-state index contributed by atoms with van der Waals surface area (Å²) in [6, 6.07) is 6.07. The predicted molar refractivity (Wildman–Crippen MR) is 126 cm³/mol. The minimum absolute atomic E-state index is 0.00926. The summed E-state index contributed by atoms with van der Waals surface area (Å²) < 4.78 is 37.0. The van der Waals surface area contributed by atoms with Crippen LogP contribution in [0.1, 0.15) is 46.1 Å². The normalized spacial score (nSPS) is 18.7. The van der Waals surface area contributed by atoms with Crippen LogP contribution in [0.15, 0.2) is 29.7 Å². The molecule has 2 heterocycles. The lowest BCUT2D eigenvalue weighted by Gasteiger charge is -2.49. The molecule has 1 fully saturated rings. The Kier molecular flexibility index (Phi) is 6.36. The summed E-state index contributed by atoms with van der Waals surface area (Å²) in [7, 11) is -1.42. The molecule has 1 aromatic heterocycles. The monoisotopic (exact) mass is 462 g/mol. The number of aromatic nitrogens is 2. The maximum Gasteiger partial charge on any atom is 0.168 e. The van der Waals surface area contributed by atoms with Crippen molar-refractivity contribution >= 4 is 21.7 Å². The molecule has 1 aromatic carbocycles. The molecule has 0 unspecified atom stereocenters. The van der Waals surface area contributed by atoms with E-state index in [2.05, 4.69) is 48.1 Å². The van der Waals surface area contributed by atoms with E-state index in [1.165, 1.54) is 6.07 Å². The second-order valence-electron chi connectivity index (χ2n) is 9.87. The van der Waals surface area contributed by atoms with Crippen molar-refractivity contribution in [3.05, 3.63) is 41.1 Å². The zero-order chi connectivity index (χ0) is 23.9. The van der Waals surface area contributed by atoms with Gasteiger partial charge in [0.15, 0.2) is 15.7 Å². The van der Waals surface area contributed by atoms with Crippen molar-refractivity contribution in [1.29, 1.82) is 0 Å². The number of benzene rings is 1. The summed E-state index contributed by atoms with van der Waals surface area (Å²) in [5.41, 5.74) is 0.458. The standard InChI is InChI=1S/C23H31FN4O3S/c1-22(2)13-16(14-23(3,4)27-22)28(5)21-8-7-19(25-26-21)17-12-18(24)15(11-20(17)29)9-10-32(6,30)31/h7-12,16,27,29H,13-14H2,1-6H3/b10-9+. The van der Waals surface area contributed by atoms with Gasteiger partial charge in [0.05, 0.1) is 5.69 Å². The first-order valence-electron chi connectivity index (χ1n) is 10.4. The highest BCUT2D eigenvalue weighted by atomic mass is 32.2. The van der Waals surface area contributed by atoms with Gasteiger partial charge >= 0.3 is 0 Å². The van der Waals surface area contributed by atoms with Gasteiger partial charge < -0.3 is 15.3 Å². The summed E-state index contributed by atoms with van der Waals surface area (Å²) >= 11 is 0. The van der Waals surface area contributed by atoms with E-state index >= 15 is 0 Å². The number of anilines is 1. The van der Waals surface area contributed by atoms with Crippen LogP contribution in [-0.4, -0.2) is 54.1 Å². The molecule has 9 heteroatoms. The molecule has 0 atom stereocenters. The molecule has 0 amide bonds. The smallest absolute Gasteiger partial charge is 0.168 e. The third kappa shape index (κ3) is 5.83. The van der Waals surface area contributed by atoms with E-state index < -0.39 is 15.7 Å². The quantitative estimate of drug-likeness (QED) is 0.699. The van der Waals surface area contributed by atoms with Crippen LogP contribution in [0.2, 0.25) is 0 Å². The van der Waals surface area contributed by atoms with Gasteiger partial charge in [0.2, 0.25) is 0 Å². The molecular weight excluding hydrogens is 431 g/mol. The molecule has 1 aliphatic heterocycles. The maximum atomic E-state index is 14.5. The molecule has 0 saturated carbocycles. The van der Waals surface area contributed by atoms with Crippen LogP contribution in [-0.2, 0) is 9.84 Å². The third-order valence-corrected chi connectivity index (χ3v) is 6.24. The van der Waals surface area contributed by atoms with Crippen LogP contribution >= 0.6 is 0 Å². The van der Waals surface area contributed by atoms with Gasteiger partial charge in [-0.15, -0.1) is 10.2 Å². The number of phenols is 1. The second kappa shape index (κ2) is 8.44. The molecule has 1 saturated heterocycles. The number of nitrogens with zero attached hydrogens (tertiary/aromatic N) is 3. The Hall–Kier alpha value is -2.52. The molecule has 7 nitrogen and oxygen atoms in total. The van der Waals surface area contributed by atoms with Crippen molar-refractivity contribution in [2.45, 2.75) is 57.7 Å². The molecule has 32 heavy (non-hydrogen) atoms. The molecule has 3 rings (SSSR count). The van der Waals surface area contributed by atoms with E-state index in [0.717, 1.165) is 36.6 Å². The lowest BCUT2D eigenvalue weighted by Crippen LogP contribution is -2.62. The summed E-state index contributed by atoms with van der Waals surface area (Å²) in [5, 5.41) is 23.4. The van der Waals surface area contributed by atoms with Crippen molar-refractivity contribution < 1.29 is 17.9 Å². The first kappa shape index (κ1) is 24.1. The number of piperidine rings is 1. The Labute approximate surface area is 189 Å². The number of hydrogen-bond donors (Lipinski definition) is 2. The zero-order valence-electron chi connectivity index (χ0n) is 19.3. The number of aromatic hydroxyl groups is 1. The maximum absolute atomic E-state index is 14.5. The van der Waals surface area contributed by atoms with Gasteiger partial charge in [-0.1, -0.05) is 0 Å². The molecule has 0 aliphatic carbocycles. The number of rotatable bonds is 5. The molecule has 2 N–H and O–H groups in total. The summed E-state index contributed by atoms with van der Waals surface area (Å²) in [4.78, 5) is 2.11. The van der Waals surface area contributed by atoms with Crippen LogP contribution in [0, 0.1) is 5.82 Å². The topological polar surface area (TPSA) is 95.4 Å². The SMILES string of the molecule is CN(c1ccc(-c2cc(F)c(/C=C/S(C)(=O)=O)cc2O)nn1)C1CC(C)(C)NC(C)(C)C1. The fraction of sp³-hybridized carbons (Fsp3) is 0.478. The predicted octanol–water partition coefficient (Wildman–Crippen LogP) is 3.75.